The molecule has 6 heteroatoms. The molecule has 2 aromatic rings. The van der Waals surface area contributed by atoms with Gasteiger partial charge in [-0.2, -0.15) is 0 Å². The molecule has 5 saturated carbocycles. The molecule has 4 bridgehead atoms. The van der Waals surface area contributed by atoms with Gasteiger partial charge < -0.3 is 15.6 Å². The Bertz CT molecular complexity index is 1190. The number of aromatic nitrogens is 1. The van der Waals surface area contributed by atoms with Crippen molar-refractivity contribution in [1.29, 1.82) is 0 Å². The maximum absolute atomic E-state index is 13.5. The monoisotopic (exact) mass is 489 g/mol. The van der Waals surface area contributed by atoms with Crippen LogP contribution in [0.5, 0.6) is 0 Å². The van der Waals surface area contributed by atoms with E-state index in [1.54, 1.807) is 12.3 Å². The van der Waals surface area contributed by atoms with Gasteiger partial charge in [-0.05, 0) is 92.2 Å². The molecule has 0 spiro atoms. The number of pyridine rings is 1. The number of hydrogen-bond donors (Lipinski definition) is 2. The molecule has 5 aliphatic carbocycles. The lowest BCUT2D eigenvalue weighted by Crippen LogP contribution is -2.47. The zero-order valence-electron chi connectivity index (χ0n) is 21.2. The largest absolute Gasteiger partial charge is 0.368 e. The molecule has 6 nitrogen and oxygen atoms in total. The summed E-state index contributed by atoms with van der Waals surface area (Å²) in [5, 5.41) is 4.38. The van der Waals surface area contributed by atoms with Gasteiger partial charge in [0.25, 0.3) is 5.56 Å². The predicted molar refractivity (Wildman–Crippen MR) is 141 cm³/mol. The molecule has 0 unspecified atom stereocenters. The van der Waals surface area contributed by atoms with E-state index >= 15 is 0 Å². The van der Waals surface area contributed by atoms with E-state index in [9.17, 15) is 14.4 Å². The molecule has 3 N–H and O–H groups in total. The van der Waals surface area contributed by atoms with E-state index in [2.05, 4.69) is 5.32 Å². The summed E-state index contributed by atoms with van der Waals surface area (Å²) in [6.07, 6.45) is 16.3. The number of benzene rings is 1. The molecule has 192 valence electrons. The van der Waals surface area contributed by atoms with Crippen molar-refractivity contribution in [3.8, 4) is 0 Å². The van der Waals surface area contributed by atoms with E-state index in [4.69, 9.17) is 5.73 Å². The number of hydrogen-bond acceptors (Lipinski definition) is 3. The highest BCUT2D eigenvalue weighted by atomic mass is 16.2. The molecule has 5 aliphatic rings. The summed E-state index contributed by atoms with van der Waals surface area (Å²) in [5.41, 5.74) is 6.41. The minimum Gasteiger partial charge on any atom is -0.368 e. The second kappa shape index (κ2) is 9.35. The van der Waals surface area contributed by atoms with Gasteiger partial charge in [-0.25, -0.2) is 0 Å². The number of primary amides is 1. The number of carbonyl (C=O) groups excluding carboxylic acids is 2. The number of anilines is 1. The van der Waals surface area contributed by atoms with Crippen LogP contribution in [0.25, 0.3) is 10.8 Å². The van der Waals surface area contributed by atoms with Crippen molar-refractivity contribution < 1.29 is 9.59 Å². The van der Waals surface area contributed by atoms with Crippen LogP contribution in [0.4, 0.5) is 5.69 Å². The van der Waals surface area contributed by atoms with Crippen molar-refractivity contribution in [3.63, 3.8) is 0 Å². The average Bonchev–Trinajstić information content (AvgIpc) is 2.83. The maximum atomic E-state index is 13.5. The highest BCUT2D eigenvalue weighted by Gasteiger charge is 2.51. The van der Waals surface area contributed by atoms with E-state index in [0.717, 1.165) is 36.0 Å². The third kappa shape index (κ3) is 4.48. The van der Waals surface area contributed by atoms with Crippen molar-refractivity contribution in [2.75, 3.05) is 5.32 Å². The maximum Gasteiger partial charge on any atom is 0.259 e. The fourth-order valence-corrected chi connectivity index (χ4v) is 8.79. The van der Waals surface area contributed by atoms with Crippen LogP contribution in [0.1, 0.15) is 89.5 Å². The summed E-state index contributed by atoms with van der Waals surface area (Å²) in [4.78, 5) is 39.1. The second-order valence-electron chi connectivity index (χ2n) is 12.6. The van der Waals surface area contributed by atoms with Gasteiger partial charge in [0.1, 0.15) is 6.04 Å². The lowest BCUT2D eigenvalue weighted by Gasteiger charge is -2.56. The standard InChI is InChI=1S/C30H39N3O3/c31-28(35)26(14-19-5-2-1-3-6-19)33-10-9-23-24(29(33)36)7-4-8-25(23)32-27(34)18-30-15-20-11-21(16-30)13-22(12-20)17-30/h4,7-10,19-22,26H,1-3,5-6,11-18H2,(H2,31,35)(H,32,34)/t20?,21?,22?,26-,30?/m1/s1. The summed E-state index contributed by atoms with van der Waals surface area (Å²) < 4.78 is 1.51. The Hall–Kier alpha value is -2.63. The smallest absolute Gasteiger partial charge is 0.259 e. The topological polar surface area (TPSA) is 94.2 Å². The quantitative estimate of drug-likeness (QED) is 0.534. The normalized spacial score (nSPS) is 30.4. The number of amides is 2. The zero-order valence-corrected chi connectivity index (χ0v) is 21.2. The van der Waals surface area contributed by atoms with Crippen LogP contribution in [0.2, 0.25) is 0 Å². The van der Waals surface area contributed by atoms with Crippen LogP contribution < -0.4 is 16.6 Å². The van der Waals surface area contributed by atoms with Gasteiger partial charge in [0.05, 0.1) is 0 Å². The Morgan fingerprint density at radius 1 is 0.972 bits per heavy atom. The van der Waals surface area contributed by atoms with Gasteiger partial charge in [0.2, 0.25) is 11.8 Å². The van der Waals surface area contributed by atoms with Gasteiger partial charge >= 0.3 is 0 Å². The zero-order chi connectivity index (χ0) is 24.9. The first-order valence-corrected chi connectivity index (χ1v) is 14.1. The SMILES string of the molecule is NC(=O)[C@@H](CC1CCCCC1)n1ccc2c(NC(=O)CC34CC5CC(CC(C5)C3)C4)cccc2c1=O. The molecule has 36 heavy (non-hydrogen) atoms. The van der Waals surface area contributed by atoms with E-state index in [1.165, 1.54) is 62.4 Å². The highest BCUT2D eigenvalue weighted by molar-refractivity contribution is 6.02. The van der Waals surface area contributed by atoms with Crippen molar-refractivity contribution in [2.24, 2.45) is 34.8 Å². The molecular weight excluding hydrogens is 450 g/mol. The predicted octanol–water partition coefficient (Wildman–Crippen LogP) is 5.54. The molecule has 1 atom stereocenters. The number of rotatable bonds is 7. The first kappa shape index (κ1) is 23.7. The molecule has 1 aromatic carbocycles. The first-order chi connectivity index (χ1) is 17.4. The summed E-state index contributed by atoms with van der Waals surface area (Å²) >= 11 is 0. The van der Waals surface area contributed by atoms with Crippen LogP contribution in [0.3, 0.4) is 0 Å². The number of nitrogens with two attached hydrogens (primary N) is 1. The molecule has 7 rings (SSSR count). The van der Waals surface area contributed by atoms with Crippen molar-refractivity contribution >= 4 is 28.3 Å². The molecule has 2 amide bonds. The number of carbonyl (C=O) groups is 2. The van der Waals surface area contributed by atoms with Crippen LogP contribution >= 0.6 is 0 Å². The highest BCUT2D eigenvalue weighted by Crippen LogP contribution is 2.61. The third-order valence-electron chi connectivity index (χ3n) is 9.89. The molecule has 0 aliphatic heterocycles. The number of nitrogens with zero attached hydrogens (tertiary/aromatic N) is 1. The fourth-order valence-electron chi connectivity index (χ4n) is 8.79. The lowest BCUT2D eigenvalue weighted by molar-refractivity contribution is -0.124. The molecule has 0 saturated heterocycles. The minimum absolute atomic E-state index is 0.0564. The average molecular weight is 490 g/mol. The molecular formula is C30H39N3O3. The van der Waals surface area contributed by atoms with Crippen LogP contribution in [-0.4, -0.2) is 16.4 Å². The minimum atomic E-state index is -0.640. The summed E-state index contributed by atoms with van der Waals surface area (Å²) in [6.45, 7) is 0. The molecule has 1 heterocycles. The van der Waals surface area contributed by atoms with Gasteiger partial charge in [-0.15, -0.1) is 0 Å². The van der Waals surface area contributed by atoms with Crippen molar-refractivity contribution in [1.82, 2.24) is 4.57 Å². The van der Waals surface area contributed by atoms with Crippen molar-refractivity contribution in [3.05, 3.63) is 40.8 Å². The fraction of sp³-hybridized carbons (Fsp3) is 0.633. The second-order valence-corrected chi connectivity index (χ2v) is 12.6. The first-order valence-electron chi connectivity index (χ1n) is 14.1. The Morgan fingerprint density at radius 3 is 2.28 bits per heavy atom. The Balaban J connectivity index is 1.22. The van der Waals surface area contributed by atoms with Crippen LogP contribution in [0.15, 0.2) is 35.3 Å². The molecule has 5 fully saturated rings. The van der Waals surface area contributed by atoms with Gasteiger partial charge in [-0.1, -0.05) is 38.2 Å². The summed E-state index contributed by atoms with van der Waals surface area (Å²) in [7, 11) is 0. The van der Waals surface area contributed by atoms with Crippen LogP contribution in [0, 0.1) is 29.1 Å². The Morgan fingerprint density at radius 2 is 1.64 bits per heavy atom. The van der Waals surface area contributed by atoms with Gasteiger partial charge in [0.15, 0.2) is 0 Å². The number of fused-ring (bicyclic) bond motifs is 1. The summed E-state index contributed by atoms with van der Waals surface area (Å²) in [6, 6.07) is 6.68. The Labute approximate surface area is 213 Å². The van der Waals surface area contributed by atoms with E-state index in [0.29, 0.717) is 29.8 Å². The lowest BCUT2D eigenvalue weighted by atomic mass is 9.49. The molecule has 1 aromatic heterocycles. The van der Waals surface area contributed by atoms with E-state index in [-0.39, 0.29) is 16.9 Å². The van der Waals surface area contributed by atoms with E-state index < -0.39 is 11.9 Å². The van der Waals surface area contributed by atoms with Crippen LogP contribution in [-0.2, 0) is 9.59 Å². The van der Waals surface area contributed by atoms with Crippen molar-refractivity contribution in [2.45, 2.75) is 89.5 Å². The summed E-state index contributed by atoms with van der Waals surface area (Å²) in [5.74, 6) is 2.46. The van der Waals surface area contributed by atoms with E-state index in [1.807, 2.05) is 18.2 Å². The Kier molecular flexibility index (Phi) is 6.17. The van der Waals surface area contributed by atoms with Gasteiger partial charge in [0, 0.05) is 29.1 Å². The molecule has 0 radical (unpaired) electrons. The third-order valence-corrected chi connectivity index (χ3v) is 9.89. The van der Waals surface area contributed by atoms with Gasteiger partial charge in [-0.3, -0.25) is 14.4 Å². The number of nitrogens with one attached hydrogen (secondary N) is 1.